The summed E-state index contributed by atoms with van der Waals surface area (Å²) in [6.07, 6.45) is 11.6. The third kappa shape index (κ3) is 6.55. The Morgan fingerprint density at radius 2 is 1.98 bits per heavy atom. The Morgan fingerprint density at radius 1 is 1.14 bits per heavy atom. The quantitative estimate of drug-likeness (QED) is 0.0415. The van der Waals surface area contributed by atoms with Gasteiger partial charge in [-0.1, -0.05) is 38.0 Å². The van der Waals surface area contributed by atoms with E-state index in [0.717, 1.165) is 61.0 Å². The van der Waals surface area contributed by atoms with Crippen molar-refractivity contribution in [1.29, 1.82) is 10.8 Å². The second-order valence-electron chi connectivity index (χ2n) is 9.97. The molecule has 42 heavy (non-hydrogen) atoms. The largest absolute Gasteiger partial charge is 0.358 e. The van der Waals surface area contributed by atoms with E-state index in [1.807, 2.05) is 42.5 Å². The van der Waals surface area contributed by atoms with Crippen LogP contribution in [-0.2, 0) is 0 Å². The normalized spacial score (nSPS) is 13.3. The first-order valence-electron chi connectivity index (χ1n) is 13.9. The molecule has 2 heterocycles. The molecular formula is C31H33FIN8P. The lowest BCUT2D eigenvalue weighted by atomic mass is 9.88. The van der Waals surface area contributed by atoms with Gasteiger partial charge in [0.25, 0.3) is 0 Å². The number of halogens is 2. The molecular weight excluding hydrogens is 661 g/mol. The van der Waals surface area contributed by atoms with Crippen LogP contribution in [0.25, 0.3) is 16.7 Å². The minimum atomic E-state index is -0.392. The maximum Gasteiger partial charge on any atom is 0.163 e. The average molecular weight is 695 g/mol. The van der Waals surface area contributed by atoms with Gasteiger partial charge in [0.2, 0.25) is 0 Å². The lowest BCUT2D eigenvalue weighted by Crippen LogP contribution is -2.13. The highest BCUT2D eigenvalue weighted by Crippen LogP contribution is 2.34. The summed E-state index contributed by atoms with van der Waals surface area (Å²) in [4.78, 5) is 4.86. The molecule has 2 aromatic carbocycles. The molecule has 216 valence electrons. The molecule has 5 N–H and O–H groups in total. The van der Waals surface area contributed by atoms with Crippen LogP contribution >= 0.6 is 28.4 Å². The van der Waals surface area contributed by atoms with Crippen molar-refractivity contribution in [2.45, 2.75) is 45.4 Å². The number of aromatic nitrogens is 3. The Bertz CT molecular complexity index is 1670. The molecule has 1 fully saturated rings. The second-order valence-corrected chi connectivity index (χ2v) is 12.0. The molecule has 0 radical (unpaired) electrons. The minimum absolute atomic E-state index is 0.354. The number of benzene rings is 2. The lowest BCUT2D eigenvalue weighted by molar-refractivity contribution is 0.640. The summed E-state index contributed by atoms with van der Waals surface area (Å²) in [7, 11) is 0. The van der Waals surface area contributed by atoms with Crippen molar-refractivity contribution in [2.24, 2.45) is 0 Å². The van der Waals surface area contributed by atoms with Crippen LogP contribution in [-0.4, -0.2) is 27.2 Å². The van der Waals surface area contributed by atoms with Gasteiger partial charge in [0.05, 0.1) is 10.9 Å². The zero-order chi connectivity index (χ0) is 29.5. The van der Waals surface area contributed by atoms with Crippen molar-refractivity contribution in [1.82, 2.24) is 14.8 Å². The number of hydrogen-bond donors (Lipinski definition) is 5. The molecule has 2 aromatic heterocycles. The van der Waals surface area contributed by atoms with Crippen LogP contribution in [0.4, 0.5) is 27.4 Å². The predicted octanol–water partition coefficient (Wildman–Crippen LogP) is 9.27. The molecule has 0 spiro atoms. The lowest BCUT2D eigenvalue weighted by Gasteiger charge is -2.24. The molecule has 1 atom stereocenters. The number of pyridine rings is 1. The Balaban J connectivity index is 1.50. The summed E-state index contributed by atoms with van der Waals surface area (Å²) in [5, 5.41) is 31.0. The highest BCUT2D eigenvalue weighted by Gasteiger charge is 2.20. The van der Waals surface area contributed by atoms with Gasteiger partial charge in [-0.05, 0) is 95.8 Å². The minimum Gasteiger partial charge on any atom is -0.358 e. The van der Waals surface area contributed by atoms with Gasteiger partial charge in [0, 0.05) is 47.0 Å². The molecule has 8 nitrogen and oxygen atoms in total. The van der Waals surface area contributed by atoms with E-state index in [-0.39, 0.29) is 0 Å². The first-order valence-corrected chi connectivity index (χ1v) is 18.1. The Labute approximate surface area is 259 Å². The van der Waals surface area contributed by atoms with Gasteiger partial charge >= 0.3 is 0 Å². The molecule has 0 bridgehead atoms. The van der Waals surface area contributed by atoms with Crippen LogP contribution in [0.3, 0.4) is 0 Å². The van der Waals surface area contributed by atoms with Gasteiger partial charge in [-0.2, -0.15) is 0 Å². The van der Waals surface area contributed by atoms with E-state index in [2.05, 4.69) is 50.8 Å². The van der Waals surface area contributed by atoms with E-state index in [1.54, 1.807) is 10.7 Å². The Morgan fingerprint density at radius 3 is 2.69 bits per heavy atom. The fraction of sp³-hybridized carbons (Fsp3) is 0.226. The first-order chi connectivity index (χ1) is 20.6. The highest BCUT2D eigenvalue weighted by molar-refractivity contribution is 14.2. The van der Waals surface area contributed by atoms with Crippen molar-refractivity contribution in [3.05, 3.63) is 88.9 Å². The number of rotatable bonds is 13. The number of anilines is 4. The summed E-state index contributed by atoms with van der Waals surface area (Å²) >= 11 is 2.25. The van der Waals surface area contributed by atoms with Gasteiger partial charge in [-0.3, -0.25) is 0 Å². The van der Waals surface area contributed by atoms with Crippen LogP contribution < -0.4 is 15.7 Å². The number of hydrogen-bond acceptors (Lipinski definition) is 7. The standard InChI is InChI=1S/C31H33FIN8P/c1-2-3-4-8-21(18-34)30(20-9-5-10-20)38-27-13-7-14-28(37-27)41-26-12-6-11-24(32)29(26)31(39-41)36-23-15-16-25(40-42-33)22(17-23)19-35/h6-8,11-19,34-35,40,42H,2-5,9-10H2,1H3,(H,36,39)(H,37,38)/b21-8+,34-18?,35-19?. The monoisotopic (exact) mass is 694 g/mol. The molecule has 1 aliphatic rings. The molecule has 0 saturated heterocycles. The van der Waals surface area contributed by atoms with Gasteiger partial charge in [-0.15, -0.1) is 5.10 Å². The van der Waals surface area contributed by atoms with Gasteiger partial charge < -0.3 is 26.5 Å². The number of unbranched alkanes of at least 4 members (excludes halogenated alkanes) is 2. The van der Waals surface area contributed by atoms with Crippen LogP contribution in [0, 0.1) is 16.6 Å². The summed E-state index contributed by atoms with van der Waals surface area (Å²) < 4.78 is 16.9. The van der Waals surface area contributed by atoms with Crippen molar-refractivity contribution < 1.29 is 4.39 Å². The van der Waals surface area contributed by atoms with Gasteiger partial charge in [-0.25, -0.2) is 14.1 Å². The SMILES string of the molecule is CCCC/C=C(\C=N)C(Nc1cccc(-n2nc(Nc3ccc(NPI)c(C=N)c3)c3c(F)cccc32)n1)=C1CCC1. The molecule has 0 aliphatic heterocycles. The zero-order valence-corrected chi connectivity index (χ0v) is 26.4. The van der Waals surface area contributed by atoms with Crippen LogP contribution in [0.5, 0.6) is 0 Å². The Hall–Kier alpha value is -3.63. The topological polar surface area (TPSA) is 115 Å². The van der Waals surface area contributed by atoms with Crippen molar-refractivity contribution >= 4 is 74.8 Å². The zero-order valence-electron chi connectivity index (χ0n) is 23.3. The Kier molecular flexibility index (Phi) is 9.97. The average Bonchev–Trinajstić information content (AvgIpc) is 3.34. The van der Waals surface area contributed by atoms with Crippen LogP contribution in [0.15, 0.2) is 77.5 Å². The fourth-order valence-corrected chi connectivity index (χ4v) is 6.05. The maximum absolute atomic E-state index is 15.2. The molecule has 4 aromatic rings. The predicted molar refractivity (Wildman–Crippen MR) is 183 cm³/mol. The van der Waals surface area contributed by atoms with Crippen molar-refractivity contribution in [3.8, 4) is 5.82 Å². The smallest absolute Gasteiger partial charge is 0.163 e. The summed E-state index contributed by atoms with van der Waals surface area (Å²) in [5.41, 5.74) is 6.00. The van der Waals surface area contributed by atoms with Crippen LogP contribution in [0.1, 0.15) is 51.0 Å². The van der Waals surface area contributed by atoms with Crippen LogP contribution in [0.2, 0.25) is 0 Å². The fourth-order valence-electron chi connectivity index (χ4n) is 4.85. The van der Waals surface area contributed by atoms with E-state index in [0.29, 0.717) is 40.4 Å². The molecule has 11 heteroatoms. The molecule has 0 amide bonds. The van der Waals surface area contributed by atoms with Crippen molar-refractivity contribution in [3.63, 3.8) is 0 Å². The van der Waals surface area contributed by atoms with Crippen molar-refractivity contribution in [2.75, 3.05) is 15.7 Å². The van der Waals surface area contributed by atoms with Gasteiger partial charge in [0.15, 0.2) is 11.6 Å². The van der Waals surface area contributed by atoms with Gasteiger partial charge in [0.1, 0.15) is 11.6 Å². The number of fused-ring (bicyclic) bond motifs is 1. The third-order valence-corrected chi connectivity index (χ3v) is 8.36. The number of nitrogens with one attached hydrogen (secondary N) is 5. The highest BCUT2D eigenvalue weighted by atomic mass is 127. The van der Waals surface area contributed by atoms with E-state index in [1.165, 1.54) is 24.1 Å². The molecule has 1 aliphatic carbocycles. The summed E-state index contributed by atoms with van der Waals surface area (Å²) in [6, 6.07) is 16.2. The third-order valence-electron chi connectivity index (χ3n) is 7.19. The van der Waals surface area contributed by atoms with E-state index in [4.69, 9.17) is 20.9 Å². The second kappa shape index (κ2) is 14.0. The summed E-state index contributed by atoms with van der Waals surface area (Å²) in [5.74, 6) is 1.14. The van der Waals surface area contributed by atoms with E-state index in [9.17, 15) is 0 Å². The molecule has 1 unspecified atom stereocenters. The maximum atomic E-state index is 15.2. The van der Waals surface area contributed by atoms with E-state index < -0.39 is 5.82 Å². The number of nitrogens with zero attached hydrogens (tertiary/aromatic N) is 3. The first kappa shape index (κ1) is 29.8. The van der Waals surface area contributed by atoms with E-state index >= 15 is 4.39 Å². The number of allylic oxidation sites excluding steroid dienone is 3. The molecule has 5 rings (SSSR count). The summed E-state index contributed by atoms with van der Waals surface area (Å²) in [6.45, 7) is 2.16. The molecule has 1 saturated carbocycles.